The molecule has 2 aliphatic rings. The lowest BCUT2D eigenvalue weighted by atomic mass is 10.0. The van der Waals surface area contributed by atoms with Crippen LogP contribution in [0.25, 0.3) is 11.0 Å². The summed E-state index contributed by atoms with van der Waals surface area (Å²) in [7, 11) is 0. The number of fused-ring (bicyclic) bond motifs is 2. The summed E-state index contributed by atoms with van der Waals surface area (Å²) in [6, 6.07) is 9.99. The first-order chi connectivity index (χ1) is 13.3. The molecule has 0 radical (unpaired) electrons. The van der Waals surface area contributed by atoms with Crippen molar-refractivity contribution in [1.82, 2.24) is 25.6 Å². The van der Waals surface area contributed by atoms with Crippen LogP contribution in [0.5, 0.6) is 0 Å². The monoisotopic (exact) mass is 362 g/mol. The van der Waals surface area contributed by atoms with Gasteiger partial charge in [0.1, 0.15) is 23.8 Å². The van der Waals surface area contributed by atoms with Gasteiger partial charge in [-0.25, -0.2) is 9.97 Å². The number of carbonyl (C=O) groups excluding carboxylic acids is 1. The molecule has 2 aliphatic heterocycles. The van der Waals surface area contributed by atoms with Crippen LogP contribution in [0, 0.1) is 0 Å². The van der Waals surface area contributed by atoms with Crippen molar-refractivity contribution in [2.45, 2.75) is 31.5 Å². The van der Waals surface area contributed by atoms with E-state index in [-0.39, 0.29) is 18.0 Å². The molecule has 3 aromatic rings. The quantitative estimate of drug-likeness (QED) is 0.662. The van der Waals surface area contributed by atoms with E-state index < -0.39 is 0 Å². The van der Waals surface area contributed by atoms with E-state index in [1.807, 2.05) is 30.5 Å². The number of hydrogen-bond donors (Lipinski definition) is 3. The number of nitrogens with zero attached hydrogens (tertiary/aromatic N) is 3. The molecule has 7 nitrogen and oxygen atoms in total. The van der Waals surface area contributed by atoms with Crippen molar-refractivity contribution in [3.05, 3.63) is 54.0 Å². The second-order valence-corrected chi connectivity index (χ2v) is 7.24. The highest BCUT2D eigenvalue weighted by Gasteiger charge is 2.30. The summed E-state index contributed by atoms with van der Waals surface area (Å²) in [5, 5.41) is 7.60. The minimum Gasteiger partial charge on any atom is -0.354 e. The Balaban J connectivity index is 1.31. The van der Waals surface area contributed by atoms with E-state index in [2.05, 4.69) is 36.6 Å². The highest BCUT2D eigenvalue weighted by Crippen LogP contribution is 2.27. The lowest BCUT2D eigenvalue weighted by Crippen LogP contribution is -2.50. The van der Waals surface area contributed by atoms with E-state index in [1.54, 1.807) is 6.33 Å². The Morgan fingerprint density at radius 3 is 3.11 bits per heavy atom. The van der Waals surface area contributed by atoms with Crippen LogP contribution < -0.4 is 15.5 Å². The number of amides is 1. The standard InChI is InChI=1S/C20H22N6O/c27-20(17-15-6-2-1-4-13(15)10-22-17)25-14-5-3-9-26(11-14)19-16-7-8-21-18(16)23-12-24-19/h1-2,4,6-8,12,14,17,22H,3,5,9-11H2,(H,25,27)(H,21,23,24). The Hall–Kier alpha value is -2.93. The highest BCUT2D eigenvalue weighted by atomic mass is 16.2. The Morgan fingerprint density at radius 2 is 2.15 bits per heavy atom. The summed E-state index contributed by atoms with van der Waals surface area (Å²) >= 11 is 0. The molecule has 0 bridgehead atoms. The summed E-state index contributed by atoms with van der Waals surface area (Å²) in [6.45, 7) is 2.45. The first-order valence-corrected chi connectivity index (χ1v) is 9.44. The van der Waals surface area contributed by atoms with Gasteiger partial charge in [-0.15, -0.1) is 0 Å². The average molecular weight is 362 g/mol. The molecule has 7 heteroatoms. The predicted octanol–water partition coefficient (Wildman–Crippen LogP) is 1.89. The normalized spacial score (nSPS) is 22.0. The number of aromatic nitrogens is 3. The molecule has 1 fully saturated rings. The topological polar surface area (TPSA) is 85.9 Å². The zero-order valence-corrected chi connectivity index (χ0v) is 15.0. The number of aromatic amines is 1. The minimum atomic E-state index is -0.257. The van der Waals surface area contributed by atoms with Gasteiger partial charge in [-0.1, -0.05) is 24.3 Å². The molecule has 1 saturated heterocycles. The summed E-state index contributed by atoms with van der Waals surface area (Å²) in [4.78, 5) is 27.0. The van der Waals surface area contributed by atoms with Crippen molar-refractivity contribution >= 4 is 22.8 Å². The average Bonchev–Trinajstić information content (AvgIpc) is 3.35. The van der Waals surface area contributed by atoms with Crippen LogP contribution in [0.1, 0.15) is 30.0 Å². The third kappa shape index (κ3) is 2.94. The predicted molar refractivity (Wildman–Crippen MR) is 103 cm³/mol. The maximum absolute atomic E-state index is 12.9. The lowest BCUT2D eigenvalue weighted by Gasteiger charge is -2.34. The SMILES string of the molecule is O=C(NC1CCCN(c2ncnc3[nH]ccc23)C1)C1NCc2ccccc21. The van der Waals surface area contributed by atoms with Crippen LogP contribution >= 0.6 is 0 Å². The number of hydrogen-bond acceptors (Lipinski definition) is 5. The fourth-order valence-corrected chi connectivity index (χ4v) is 4.22. The number of anilines is 1. The molecule has 27 heavy (non-hydrogen) atoms. The third-order valence-corrected chi connectivity index (χ3v) is 5.53. The van der Waals surface area contributed by atoms with E-state index in [4.69, 9.17) is 0 Å². The number of piperidine rings is 1. The minimum absolute atomic E-state index is 0.0567. The molecule has 2 aromatic heterocycles. The van der Waals surface area contributed by atoms with Crippen molar-refractivity contribution in [3.63, 3.8) is 0 Å². The Bertz CT molecular complexity index is 983. The van der Waals surface area contributed by atoms with Gasteiger partial charge in [-0.3, -0.25) is 10.1 Å². The lowest BCUT2D eigenvalue weighted by molar-refractivity contribution is -0.123. The van der Waals surface area contributed by atoms with E-state index in [0.29, 0.717) is 0 Å². The van der Waals surface area contributed by atoms with Crippen LogP contribution in [0.2, 0.25) is 0 Å². The molecule has 3 N–H and O–H groups in total. The maximum atomic E-state index is 12.9. The number of benzene rings is 1. The first-order valence-electron chi connectivity index (χ1n) is 9.44. The van der Waals surface area contributed by atoms with Crippen molar-refractivity contribution in [2.75, 3.05) is 18.0 Å². The summed E-state index contributed by atoms with van der Waals surface area (Å²) in [5.41, 5.74) is 3.14. The van der Waals surface area contributed by atoms with Crippen LogP contribution in [-0.4, -0.2) is 40.0 Å². The Kier molecular flexibility index (Phi) is 4.01. The molecule has 0 aliphatic carbocycles. The molecular formula is C20H22N6O. The summed E-state index contributed by atoms with van der Waals surface area (Å²) in [5.74, 6) is 0.991. The largest absolute Gasteiger partial charge is 0.354 e. The van der Waals surface area contributed by atoms with Crippen molar-refractivity contribution in [1.29, 1.82) is 0 Å². The molecule has 0 saturated carbocycles. The fourth-order valence-electron chi connectivity index (χ4n) is 4.22. The molecule has 138 valence electrons. The smallest absolute Gasteiger partial charge is 0.242 e. The van der Waals surface area contributed by atoms with Crippen LogP contribution in [-0.2, 0) is 11.3 Å². The molecule has 2 unspecified atom stereocenters. The zero-order valence-electron chi connectivity index (χ0n) is 15.0. The van der Waals surface area contributed by atoms with Crippen LogP contribution in [0.15, 0.2) is 42.9 Å². The van der Waals surface area contributed by atoms with Gasteiger partial charge in [0.25, 0.3) is 0 Å². The molecule has 1 aromatic carbocycles. The van der Waals surface area contributed by atoms with Gasteiger partial charge in [-0.2, -0.15) is 0 Å². The van der Waals surface area contributed by atoms with Crippen molar-refractivity contribution < 1.29 is 4.79 Å². The van der Waals surface area contributed by atoms with Gasteiger partial charge in [0.15, 0.2) is 0 Å². The van der Waals surface area contributed by atoms with Crippen LogP contribution in [0.4, 0.5) is 5.82 Å². The van der Waals surface area contributed by atoms with Crippen molar-refractivity contribution in [3.8, 4) is 0 Å². The summed E-state index contributed by atoms with van der Waals surface area (Å²) in [6.07, 6.45) is 5.48. The van der Waals surface area contributed by atoms with Crippen molar-refractivity contribution in [2.24, 2.45) is 0 Å². The van der Waals surface area contributed by atoms with Gasteiger partial charge >= 0.3 is 0 Å². The van der Waals surface area contributed by atoms with E-state index >= 15 is 0 Å². The van der Waals surface area contributed by atoms with Gasteiger partial charge < -0.3 is 15.2 Å². The maximum Gasteiger partial charge on any atom is 0.242 e. The molecular weight excluding hydrogens is 340 g/mol. The first kappa shape index (κ1) is 16.3. The van der Waals surface area contributed by atoms with E-state index in [1.165, 1.54) is 5.56 Å². The second-order valence-electron chi connectivity index (χ2n) is 7.24. The summed E-state index contributed by atoms with van der Waals surface area (Å²) < 4.78 is 0. The molecule has 0 spiro atoms. The van der Waals surface area contributed by atoms with E-state index in [9.17, 15) is 4.79 Å². The number of carbonyl (C=O) groups is 1. The molecule has 2 atom stereocenters. The van der Waals surface area contributed by atoms with Gasteiger partial charge in [-0.05, 0) is 30.0 Å². The molecule has 4 heterocycles. The number of nitrogens with one attached hydrogen (secondary N) is 3. The van der Waals surface area contributed by atoms with Gasteiger partial charge in [0.2, 0.25) is 5.91 Å². The van der Waals surface area contributed by atoms with Gasteiger partial charge in [0, 0.05) is 31.9 Å². The number of rotatable bonds is 3. The molecule has 5 rings (SSSR count). The van der Waals surface area contributed by atoms with Gasteiger partial charge in [0.05, 0.1) is 5.39 Å². The number of H-pyrrole nitrogens is 1. The van der Waals surface area contributed by atoms with E-state index in [0.717, 1.165) is 54.9 Å². The zero-order chi connectivity index (χ0) is 18.2. The molecule has 1 amide bonds. The fraction of sp³-hybridized carbons (Fsp3) is 0.350. The third-order valence-electron chi connectivity index (χ3n) is 5.53. The highest BCUT2D eigenvalue weighted by molar-refractivity contribution is 5.87. The second kappa shape index (κ2) is 6.66. The Labute approximate surface area is 157 Å². The van der Waals surface area contributed by atoms with Crippen LogP contribution in [0.3, 0.4) is 0 Å². The Morgan fingerprint density at radius 1 is 1.22 bits per heavy atom.